The summed E-state index contributed by atoms with van der Waals surface area (Å²) < 4.78 is 4.91. The zero-order valence-electron chi connectivity index (χ0n) is 10.00. The third kappa shape index (κ3) is 4.65. The largest absolute Gasteiger partial charge is 0.466 e. The van der Waals surface area contributed by atoms with E-state index < -0.39 is 0 Å². The molecule has 3 heteroatoms. The molecule has 0 bridgehead atoms. The van der Waals surface area contributed by atoms with Crippen molar-refractivity contribution in [1.29, 1.82) is 0 Å². The highest BCUT2D eigenvalue weighted by molar-refractivity contribution is 5.69. The van der Waals surface area contributed by atoms with Gasteiger partial charge in [-0.15, -0.1) is 0 Å². The van der Waals surface area contributed by atoms with Crippen LogP contribution < -0.4 is 0 Å². The highest BCUT2D eigenvalue weighted by Crippen LogP contribution is 2.19. The first kappa shape index (κ1) is 12.5. The summed E-state index contributed by atoms with van der Waals surface area (Å²) >= 11 is 0. The molecule has 0 aromatic carbocycles. The number of nitrogens with zero attached hydrogens (tertiary/aromatic N) is 1. The summed E-state index contributed by atoms with van der Waals surface area (Å²) in [4.78, 5) is 13.5. The summed E-state index contributed by atoms with van der Waals surface area (Å²) in [5, 5.41) is 0. The average Bonchev–Trinajstić information content (AvgIpc) is 2.27. The van der Waals surface area contributed by atoms with Gasteiger partial charge < -0.3 is 9.64 Å². The molecule has 0 unspecified atom stereocenters. The molecular formula is C12H23NO2. The van der Waals surface area contributed by atoms with Gasteiger partial charge in [0.25, 0.3) is 0 Å². The molecule has 88 valence electrons. The predicted molar refractivity (Wildman–Crippen MR) is 60.7 cm³/mol. The molecule has 1 rings (SSSR count). The second kappa shape index (κ2) is 6.83. The van der Waals surface area contributed by atoms with Crippen LogP contribution in [0.3, 0.4) is 0 Å². The number of ether oxygens (including phenoxy) is 1. The van der Waals surface area contributed by atoms with Crippen molar-refractivity contribution in [3.05, 3.63) is 0 Å². The molecule has 0 aromatic rings. The minimum absolute atomic E-state index is 0.0601. The Labute approximate surface area is 92.8 Å². The standard InChI is InChI=1S/C12H23NO2/c1-3-11-5-8-13(9-6-11)10-7-12(14)15-4-2/h11H,3-10H2,1-2H3. The van der Waals surface area contributed by atoms with Gasteiger partial charge in [0.15, 0.2) is 0 Å². The number of carbonyl (C=O) groups excluding carboxylic acids is 1. The third-order valence-electron chi connectivity index (χ3n) is 3.22. The Hall–Kier alpha value is -0.570. The average molecular weight is 213 g/mol. The topological polar surface area (TPSA) is 29.5 Å². The van der Waals surface area contributed by atoms with E-state index in [0.29, 0.717) is 13.0 Å². The molecule has 1 aliphatic rings. The number of carbonyl (C=O) groups is 1. The van der Waals surface area contributed by atoms with Crippen LogP contribution in [0, 0.1) is 5.92 Å². The Morgan fingerprint density at radius 3 is 2.53 bits per heavy atom. The second-order valence-corrected chi connectivity index (χ2v) is 4.25. The van der Waals surface area contributed by atoms with E-state index in [2.05, 4.69) is 11.8 Å². The Bertz CT molecular complexity index is 186. The number of rotatable bonds is 5. The van der Waals surface area contributed by atoms with E-state index in [4.69, 9.17) is 4.74 Å². The second-order valence-electron chi connectivity index (χ2n) is 4.25. The van der Waals surface area contributed by atoms with Crippen LogP contribution in [0.2, 0.25) is 0 Å². The van der Waals surface area contributed by atoms with Crippen molar-refractivity contribution >= 4 is 5.97 Å². The summed E-state index contributed by atoms with van der Waals surface area (Å²) in [7, 11) is 0. The van der Waals surface area contributed by atoms with Crippen molar-refractivity contribution in [3.8, 4) is 0 Å². The number of likely N-dealkylation sites (tertiary alicyclic amines) is 1. The maximum atomic E-state index is 11.2. The third-order valence-corrected chi connectivity index (χ3v) is 3.22. The summed E-state index contributed by atoms with van der Waals surface area (Å²) in [6, 6.07) is 0. The molecular weight excluding hydrogens is 190 g/mol. The predicted octanol–water partition coefficient (Wildman–Crippen LogP) is 2.06. The van der Waals surface area contributed by atoms with E-state index in [-0.39, 0.29) is 5.97 Å². The first-order chi connectivity index (χ1) is 7.26. The van der Waals surface area contributed by atoms with Crippen LogP contribution in [0.25, 0.3) is 0 Å². The van der Waals surface area contributed by atoms with Gasteiger partial charge in [-0.25, -0.2) is 0 Å². The first-order valence-electron chi connectivity index (χ1n) is 6.14. The van der Waals surface area contributed by atoms with Gasteiger partial charge in [0.05, 0.1) is 13.0 Å². The Morgan fingerprint density at radius 2 is 2.00 bits per heavy atom. The molecule has 0 saturated carbocycles. The molecule has 1 fully saturated rings. The number of esters is 1. The van der Waals surface area contributed by atoms with Crippen LogP contribution in [0.1, 0.15) is 39.5 Å². The van der Waals surface area contributed by atoms with E-state index in [1.807, 2.05) is 6.92 Å². The quantitative estimate of drug-likeness (QED) is 0.655. The van der Waals surface area contributed by atoms with Crippen LogP contribution in [-0.4, -0.2) is 37.1 Å². The van der Waals surface area contributed by atoms with Gasteiger partial charge in [-0.1, -0.05) is 13.3 Å². The normalized spacial score (nSPS) is 19.1. The summed E-state index contributed by atoms with van der Waals surface area (Å²) in [5.74, 6) is 0.846. The van der Waals surface area contributed by atoms with Crippen LogP contribution in [0.4, 0.5) is 0 Å². The molecule has 0 radical (unpaired) electrons. The fourth-order valence-corrected chi connectivity index (χ4v) is 2.10. The Kier molecular flexibility index (Phi) is 5.69. The molecule has 1 heterocycles. The Morgan fingerprint density at radius 1 is 1.33 bits per heavy atom. The lowest BCUT2D eigenvalue weighted by molar-refractivity contribution is -0.143. The maximum absolute atomic E-state index is 11.2. The minimum Gasteiger partial charge on any atom is -0.466 e. The van der Waals surface area contributed by atoms with Crippen molar-refractivity contribution in [2.45, 2.75) is 39.5 Å². The lowest BCUT2D eigenvalue weighted by Crippen LogP contribution is -2.35. The van der Waals surface area contributed by atoms with E-state index in [0.717, 1.165) is 25.6 Å². The zero-order valence-corrected chi connectivity index (χ0v) is 10.00. The van der Waals surface area contributed by atoms with E-state index in [1.165, 1.54) is 19.3 Å². The van der Waals surface area contributed by atoms with Crippen molar-refractivity contribution in [2.75, 3.05) is 26.2 Å². The minimum atomic E-state index is -0.0601. The van der Waals surface area contributed by atoms with Gasteiger partial charge in [-0.3, -0.25) is 4.79 Å². The van der Waals surface area contributed by atoms with Gasteiger partial charge in [0.1, 0.15) is 0 Å². The van der Waals surface area contributed by atoms with Crippen LogP contribution >= 0.6 is 0 Å². The smallest absolute Gasteiger partial charge is 0.307 e. The molecule has 1 saturated heterocycles. The molecule has 0 atom stereocenters. The van der Waals surface area contributed by atoms with Crippen LogP contribution in [0.15, 0.2) is 0 Å². The summed E-state index contributed by atoms with van der Waals surface area (Å²) in [5.41, 5.74) is 0. The first-order valence-corrected chi connectivity index (χ1v) is 6.14. The van der Waals surface area contributed by atoms with E-state index in [9.17, 15) is 4.79 Å². The van der Waals surface area contributed by atoms with Crippen molar-refractivity contribution in [2.24, 2.45) is 5.92 Å². The molecule has 3 nitrogen and oxygen atoms in total. The molecule has 0 spiro atoms. The summed E-state index contributed by atoms with van der Waals surface area (Å²) in [6.45, 7) is 7.78. The maximum Gasteiger partial charge on any atom is 0.307 e. The summed E-state index contributed by atoms with van der Waals surface area (Å²) in [6.07, 6.45) is 4.43. The van der Waals surface area contributed by atoms with Crippen molar-refractivity contribution < 1.29 is 9.53 Å². The molecule has 0 N–H and O–H groups in total. The highest BCUT2D eigenvalue weighted by atomic mass is 16.5. The zero-order chi connectivity index (χ0) is 11.1. The number of hydrogen-bond acceptors (Lipinski definition) is 3. The van der Waals surface area contributed by atoms with Crippen LogP contribution in [-0.2, 0) is 9.53 Å². The number of piperidine rings is 1. The SMILES string of the molecule is CCOC(=O)CCN1CCC(CC)CC1. The highest BCUT2D eigenvalue weighted by Gasteiger charge is 2.18. The molecule has 15 heavy (non-hydrogen) atoms. The van der Waals surface area contributed by atoms with E-state index in [1.54, 1.807) is 0 Å². The van der Waals surface area contributed by atoms with Gasteiger partial charge in [0, 0.05) is 6.54 Å². The molecule has 0 amide bonds. The van der Waals surface area contributed by atoms with E-state index >= 15 is 0 Å². The lowest BCUT2D eigenvalue weighted by atomic mass is 9.94. The van der Waals surface area contributed by atoms with Gasteiger partial charge in [0.2, 0.25) is 0 Å². The van der Waals surface area contributed by atoms with Gasteiger partial charge >= 0.3 is 5.97 Å². The van der Waals surface area contributed by atoms with Gasteiger partial charge in [-0.05, 0) is 38.8 Å². The monoisotopic (exact) mass is 213 g/mol. The Balaban J connectivity index is 2.10. The molecule has 0 aliphatic carbocycles. The van der Waals surface area contributed by atoms with Crippen molar-refractivity contribution in [1.82, 2.24) is 4.90 Å². The fourth-order valence-electron chi connectivity index (χ4n) is 2.10. The van der Waals surface area contributed by atoms with Gasteiger partial charge in [-0.2, -0.15) is 0 Å². The molecule has 1 aliphatic heterocycles. The fraction of sp³-hybridized carbons (Fsp3) is 0.917. The van der Waals surface area contributed by atoms with Crippen molar-refractivity contribution in [3.63, 3.8) is 0 Å². The number of hydrogen-bond donors (Lipinski definition) is 0. The lowest BCUT2D eigenvalue weighted by Gasteiger charge is -2.31. The molecule has 0 aromatic heterocycles. The van der Waals surface area contributed by atoms with Crippen LogP contribution in [0.5, 0.6) is 0 Å².